The Labute approximate surface area is 237 Å². The van der Waals surface area contributed by atoms with Gasteiger partial charge in [-0.05, 0) is 67.5 Å². The van der Waals surface area contributed by atoms with E-state index in [0.29, 0.717) is 56.6 Å². The summed E-state index contributed by atoms with van der Waals surface area (Å²) >= 11 is 6.81. The van der Waals surface area contributed by atoms with Crippen molar-refractivity contribution in [1.82, 2.24) is 14.3 Å². The molecule has 204 valence electrons. The monoisotopic (exact) mass is 564 g/mol. The molecule has 0 unspecified atom stereocenters. The largest absolute Gasteiger partial charge is 0.493 e. The zero-order valence-corrected chi connectivity index (χ0v) is 24.2. The Morgan fingerprint density at radius 2 is 1.87 bits per heavy atom. The molecule has 0 N–H and O–H groups in total. The minimum Gasteiger partial charge on any atom is -0.493 e. The Hall–Kier alpha value is -3.37. The van der Waals surface area contributed by atoms with E-state index in [-0.39, 0.29) is 11.5 Å². The predicted octanol–water partition coefficient (Wildman–Crippen LogP) is 4.70. The Bertz CT molecular complexity index is 1530. The number of thiocarbonyl (C=S) groups is 1. The van der Waals surface area contributed by atoms with Crippen LogP contribution in [-0.4, -0.2) is 58.4 Å². The summed E-state index contributed by atoms with van der Waals surface area (Å²) in [5.41, 5.74) is 2.80. The van der Waals surface area contributed by atoms with Gasteiger partial charge in [0.15, 0.2) is 11.5 Å². The Morgan fingerprint density at radius 3 is 2.59 bits per heavy atom. The molecule has 2 aliphatic heterocycles. The smallest absolute Gasteiger partial charge is 0.267 e. The lowest BCUT2D eigenvalue weighted by Crippen LogP contribution is -2.36. The van der Waals surface area contributed by atoms with E-state index in [1.165, 1.54) is 11.8 Å². The molecule has 8 nitrogen and oxygen atoms in total. The maximum Gasteiger partial charge on any atom is 0.267 e. The Morgan fingerprint density at radius 1 is 1.13 bits per heavy atom. The number of hydrogen-bond acceptors (Lipinski definition) is 8. The first-order chi connectivity index (χ1) is 18.8. The number of amides is 1. The minimum absolute atomic E-state index is 0.187. The lowest BCUT2D eigenvalue weighted by Gasteiger charge is -2.32. The first-order valence-electron chi connectivity index (χ1n) is 13.0. The number of rotatable bonds is 7. The van der Waals surface area contributed by atoms with Crippen molar-refractivity contribution >= 4 is 51.7 Å². The summed E-state index contributed by atoms with van der Waals surface area (Å²) in [6.45, 7) is 6.26. The number of nitrogens with zero attached hydrogens (tertiary/aromatic N) is 4. The summed E-state index contributed by atoms with van der Waals surface area (Å²) in [6.07, 6.45) is 6.08. The summed E-state index contributed by atoms with van der Waals surface area (Å²) in [6, 6.07) is 9.49. The molecule has 1 aromatic carbocycles. The molecule has 39 heavy (non-hydrogen) atoms. The Balaban J connectivity index is 1.46. The normalized spacial score (nSPS) is 17.5. The van der Waals surface area contributed by atoms with Crippen LogP contribution in [0.1, 0.15) is 36.5 Å². The fraction of sp³-hybridized carbons (Fsp3) is 0.379. The van der Waals surface area contributed by atoms with Crippen molar-refractivity contribution in [3.8, 4) is 11.5 Å². The average Bonchev–Trinajstić information content (AvgIpc) is 3.21. The van der Waals surface area contributed by atoms with Gasteiger partial charge < -0.3 is 14.4 Å². The molecule has 4 heterocycles. The van der Waals surface area contributed by atoms with E-state index in [9.17, 15) is 9.59 Å². The highest BCUT2D eigenvalue weighted by Crippen LogP contribution is 2.35. The second kappa shape index (κ2) is 11.4. The maximum absolute atomic E-state index is 13.8. The van der Waals surface area contributed by atoms with Crippen LogP contribution in [0, 0.1) is 12.8 Å². The van der Waals surface area contributed by atoms with Gasteiger partial charge in [0.25, 0.3) is 11.5 Å². The van der Waals surface area contributed by atoms with Gasteiger partial charge in [0.2, 0.25) is 0 Å². The first kappa shape index (κ1) is 27.2. The standard InChI is InChI=1S/C29H32N4O4S2/c1-18-9-13-31(14-10-18)26-21(27(34)32-12-5-6-19(2)25(32)30-26)17-24-28(35)33(29(38)39-24)15-11-20-7-8-22(36-3)23(16-20)37-4/h5-8,12,16-18H,9-11,13-15H2,1-4H3. The highest BCUT2D eigenvalue weighted by molar-refractivity contribution is 8.26. The molecule has 0 radical (unpaired) electrons. The summed E-state index contributed by atoms with van der Waals surface area (Å²) in [4.78, 5) is 36.4. The molecular weight excluding hydrogens is 532 g/mol. The molecule has 10 heteroatoms. The van der Waals surface area contributed by atoms with Crippen molar-refractivity contribution in [2.24, 2.45) is 5.92 Å². The number of anilines is 1. The molecule has 0 aliphatic carbocycles. The van der Waals surface area contributed by atoms with E-state index in [0.717, 1.165) is 37.1 Å². The molecule has 0 spiro atoms. The van der Waals surface area contributed by atoms with Crippen LogP contribution in [0.5, 0.6) is 11.5 Å². The summed E-state index contributed by atoms with van der Waals surface area (Å²) in [7, 11) is 3.19. The first-order valence-corrected chi connectivity index (χ1v) is 14.3. The predicted molar refractivity (Wildman–Crippen MR) is 160 cm³/mol. The van der Waals surface area contributed by atoms with Crippen molar-refractivity contribution < 1.29 is 14.3 Å². The quantitative estimate of drug-likeness (QED) is 0.302. The van der Waals surface area contributed by atoms with Crippen LogP contribution in [0.15, 0.2) is 46.2 Å². The van der Waals surface area contributed by atoms with E-state index in [1.54, 1.807) is 35.8 Å². The zero-order valence-electron chi connectivity index (χ0n) is 22.6. The maximum atomic E-state index is 13.8. The van der Waals surface area contributed by atoms with Crippen LogP contribution in [0.3, 0.4) is 0 Å². The van der Waals surface area contributed by atoms with Crippen molar-refractivity contribution in [3.63, 3.8) is 0 Å². The number of thioether (sulfide) groups is 1. The molecule has 0 saturated carbocycles. The molecular formula is C29H32N4O4S2. The van der Waals surface area contributed by atoms with Crippen LogP contribution in [-0.2, 0) is 11.2 Å². The average molecular weight is 565 g/mol. The zero-order chi connectivity index (χ0) is 27.7. The molecule has 3 aromatic rings. The summed E-state index contributed by atoms with van der Waals surface area (Å²) in [5, 5.41) is 0. The molecule has 2 aromatic heterocycles. The van der Waals surface area contributed by atoms with Crippen molar-refractivity contribution in [1.29, 1.82) is 0 Å². The van der Waals surface area contributed by atoms with E-state index < -0.39 is 0 Å². The number of aryl methyl sites for hydroxylation is 1. The number of benzene rings is 1. The van der Waals surface area contributed by atoms with Crippen LogP contribution in [0.2, 0.25) is 0 Å². The lowest BCUT2D eigenvalue weighted by molar-refractivity contribution is -0.122. The summed E-state index contributed by atoms with van der Waals surface area (Å²) < 4.78 is 12.8. The second-order valence-corrected chi connectivity index (χ2v) is 11.7. The van der Waals surface area contributed by atoms with Crippen LogP contribution < -0.4 is 19.9 Å². The molecule has 2 fully saturated rings. The third-order valence-corrected chi connectivity index (χ3v) is 8.75. The number of hydrogen-bond donors (Lipinski definition) is 0. The number of fused-ring (bicyclic) bond motifs is 1. The fourth-order valence-corrected chi connectivity index (χ4v) is 6.28. The number of carbonyl (C=O) groups is 1. The molecule has 2 saturated heterocycles. The molecule has 0 bridgehead atoms. The van der Waals surface area contributed by atoms with E-state index in [1.807, 2.05) is 37.3 Å². The van der Waals surface area contributed by atoms with Gasteiger partial charge >= 0.3 is 0 Å². The van der Waals surface area contributed by atoms with Gasteiger partial charge in [-0.2, -0.15) is 0 Å². The van der Waals surface area contributed by atoms with Gasteiger partial charge in [-0.3, -0.25) is 18.9 Å². The minimum atomic E-state index is -0.197. The topological polar surface area (TPSA) is 76.4 Å². The van der Waals surface area contributed by atoms with Crippen molar-refractivity contribution in [2.45, 2.75) is 33.1 Å². The third-order valence-electron chi connectivity index (χ3n) is 7.37. The van der Waals surface area contributed by atoms with E-state index in [2.05, 4.69) is 11.8 Å². The van der Waals surface area contributed by atoms with Crippen LogP contribution >= 0.6 is 24.0 Å². The number of carbonyl (C=O) groups excluding carboxylic acids is 1. The number of pyridine rings is 1. The molecule has 5 rings (SSSR count). The van der Waals surface area contributed by atoms with E-state index >= 15 is 0 Å². The van der Waals surface area contributed by atoms with Gasteiger partial charge in [-0.1, -0.05) is 43.0 Å². The SMILES string of the molecule is COc1ccc(CCN2C(=O)C(=Cc3c(N4CCC(C)CC4)nc4c(C)cccn4c3=O)SC2=S)cc1OC. The van der Waals surface area contributed by atoms with Gasteiger partial charge in [0.1, 0.15) is 15.8 Å². The van der Waals surface area contributed by atoms with Crippen molar-refractivity contribution in [3.05, 3.63) is 68.5 Å². The van der Waals surface area contributed by atoms with Crippen LogP contribution in [0.25, 0.3) is 11.7 Å². The molecule has 2 aliphatic rings. The van der Waals surface area contributed by atoms with Gasteiger partial charge in [-0.25, -0.2) is 4.98 Å². The van der Waals surface area contributed by atoms with Gasteiger partial charge in [-0.15, -0.1) is 0 Å². The summed E-state index contributed by atoms with van der Waals surface area (Å²) in [5.74, 6) is 2.36. The van der Waals surface area contributed by atoms with Crippen molar-refractivity contribution in [2.75, 3.05) is 38.8 Å². The lowest BCUT2D eigenvalue weighted by atomic mass is 9.99. The molecule has 0 atom stereocenters. The fourth-order valence-electron chi connectivity index (χ4n) is 4.99. The number of piperidine rings is 1. The van der Waals surface area contributed by atoms with Gasteiger partial charge in [0, 0.05) is 25.8 Å². The highest BCUT2D eigenvalue weighted by Gasteiger charge is 2.33. The second-order valence-electron chi connectivity index (χ2n) is 9.98. The number of ether oxygens (including phenoxy) is 2. The molecule has 1 amide bonds. The number of aromatic nitrogens is 2. The third kappa shape index (κ3) is 5.40. The number of methoxy groups -OCH3 is 2. The van der Waals surface area contributed by atoms with Gasteiger partial charge in [0.05, 0.1) is 24.7 Å². The highest BCUT2D eigenvalue weighted by atomic mass is 32.2. The Kier molecular flexibility index (Phi) is 7.95. The van der Waals surface area contributed by atoms with E-state index in [4.69, 9.17) is 26.7 Å². The van der Waals surface area contributed by atoms with Crippen LogP contribution in [0.4, 0.5) is 5.82 Å².